The van der Waals surface area contributed by atoms with Crippen LogP contribution in [-0.2, 0) is 11.3 Å². The number of nitrogens with one attached hydrogen (secondary N) is 1. The first-order valence-electron chi connectivity index (χ1n) is 7.06. The lowest BCUT2D eigenvalue weighted by Crippen LogP contribution is -2.18. The molecule has 0 saturated carbocycles. The zero-order valence-corrected chi connectivity index (χ0v) is 14.3. The second-order valence-electron chi connectivity index (χ2n) is 5.11. The van der Waals surface area contributed by atoms with Gasteiger partial charge in [0.25, 0.3) is 11.1 Å². The second-order valence-corrected chi connectivity index (χ2v) is 6.47. The predicted molar refractivity (Wildman–Crippen MR) is 94.7 cm³/mol. The Morgan fingerprint density at radius 1 is 1.25 bits per heavy atom. The fourth-order valence-electron chi connectivity index (χ4n) is 2.19. The van der Waals surface area contributed by atoms with Gasteiger partial charge in [-0.25, -0.2) is 9.97 Å². The van der Waals surface area contributed by atoms with Gasteiger partial charge in [-0.15, -0.1) is 0 Å². The number of benzene rings is 1. The van der Waals surface area contributed by atoms with Crippen LogP contribution in [0.5, 0.6) is 0 Å². The Bertz CT molecular complexity index is 826. The fraction of sp³-hybridized carbons (Fsp3) is 0.125. The first-order valence-corrected chi connectivity index (χ1v) is 8.25. The molecule has 1 aromatic heterocycles. The fourth-order valence-corrected chi connectivity index (χ4v) is 3.04. The summed E-state index contributed by atoms with van der Waals surface area (Å²) < 4.78 is 0. The summed E-state index contributed by atoms with van der Waals surface area (Å²) in [5.41, 5.74) is 1.60. The van der Waals surface area contributed by atoms with E-state index in [1.165, 1.54) is 6.08 Å². The van der Waals surface area contributed by atoms with Crippen molar-refractivity contribution in [3.8, 4) is 0 Å². The Morgan fingerprint density at radius 3 is 2.67 bits per heavy atom. The summed E-state index contributed by atoms with van der Waals surface area (Å²) >= 11 is 6.83. The van der Waals surface area contributed by atoms with Gasteiger partial charge in [-0.05, 0) is 35.0 Å². The Kier molecular flexibility index (Phi) is 4.82. The zero-order valence-electron chi connectivity index (χ0n) is 12.7. The summed E-state index contributed by atoms with van der Waals surface area (Å²) in [5.74, 6) is 0.194. The average Bonchev–Trinajstić information content (AvgIpc) is 2.85. The minimum atomic E-state index is -0.432. The van der Waals surface area contributed by atoms with Gasteiger partial charge >= 0.3 is 0 Å². The molecule has 1 aromatic carbocycles. The van der Waals surface area contributed by atoms with E-state index in [0.29, 0.717) is 18.1 Å². The molecule has 0 bridgehead atoms. The largest absolute Gasteiger partial charge is 0.355 e. The van der Waals surface area contributed by atoms with E-state index in [4.69, 9.17) is 11.6 Å². The van der Waals surface area contributed by atoms with Crippen molar-refractivity contribution in [1.82, 2.24) is 15.3 Å². The third-order valence-electron chi connectivity index (χ3n) is 3.28. The van der Waals surface area contributed by atoms with Crippen molar-refractivity contribution in [3.63, 3.8) is 0 Å². The van der Waals surface area contributed by atoms with Gasteiger partial charge in [-0.1, -0.05) is 30.3 Å². The first-order chi connectivity index (χ1) is 11.5. The van der Waals surface area contributed by atoms with Crippen molar-refractivity contribution < 1.29 is 9.59 Å². The quantitative estimate of drug-likeness (QED) is 0.667. The van der Waals surface area contributed by atoms with Crippen LogP contribution >= 0.6 is 23.4 Å². The van der Waals surface area contributed by atoms with Crippen molar-refractivity contribution in [2.24, 2.45) is 0 Å². The molecule has 1 fully saturated rings. The van der Waals surface area contributed by atoms with Crippen LogP contribution in [-0.4, -0.2) is 28.2 Å². The van der Waals surface area contributed by atoms with Crippen LogP contribution in [0, 0.1) is 0 Å². The highest BCUT2D eigenvalue weighted by atomic mass is 35.5. The summed E-state index contributed by atoms with van der Waals surface area (Å²) in [4.78, 5) is 33.4. The van der Waals surface area contributed by atoms with Gasteiger partial charge in [0, 0.05) is 19.7 Å². The standard InChI is InChI=1S/C16H13ClN4O2S/c1-21(9-10-5-3-2-4-6-10)13-8-11(18-15(17)19-13)7-12-14(22)20-16(23)24-12/h2-8H,9H2,1H3,(H,20,22,23). The lowest BCUT2D eigenvalue weighted by atomic mass is 10.2. The number of nitrogens with zero attached hydrogens (tertiary/aromatic N) is 3. The van der Waals surface area contributed by atoms with E-state index >= 15 is 0 Å². The van der Waals surface area contributed by atoms with Crippen LogP contribution in [0.1, 0.15) is 11.3 Å². The van der Waals surface area contributed by atoms with Crippen LogP contribution in [0.3, 0.4) is 0 Å². The summed E-state index contributed by atoms with van der Waals surface area (Å²) in [6.07, 6.45) is 1.53. The van der Waals surface area contributed by atoms with Gasteiger partial charge in [0.1, 0.15) is 5.82 Å². The van der Waals surface area contributed by atoms with Crippen molar-refractivity contribution >= 4 is 46.4 Å². The van der Waals surface area contributed by atoms with E-state index < -0.39 is 11.1 Å². The van der Waals surface area contributed by atoms with Crippen LogP contribution in [0.25, 0.3) is 6.08 Å². The second kappa shape index (κ2) is 7.02. The molecule has 24 heavy (non-hydrogen) atoms. The Balaban J connectivity index is 1.85. The van der Waals surface area contributed by atoms with E-state index in [2.05, 4.69) is 15.3 Å². The Hall–Kier alpha value is -2.38. The number of amides is 2. The van der Waals surface area contributed by atoms with E-state index in [-0.39, 0.29) is 10.2 Å². The van der Waals surface area contributed by atoms with Gasteiger partial charge in [0.15, 0.2) is 0 Å². The number of aromatic nitrogens is 2. The molecule has 1 aliphatic rings. The van der Waals surface area contributed by atoms with Gasteiger partial charge in [0.05, 0.1) is 10.6 Å². The molecular weight excluding hydrogens is 348 g/mol. The summed E-state index contributed by atoms with van der Waals surface area (Å²) in [7, 11) is 1.89. The van der Waals surface area contributed by atoms with Crippen molar-refractivity contribution in [3.05, 3.63) is 57.8 Å². The molecule has 2 aromatic rings. The maximum atomic E-state index is 11.6. The molecule has 1 aliphatic heterocycles. The maximum absolute atomic E-state index is 11.6. The number of hydrogen-bond donors (Lipinski definition) is 1. The van der Waals surface area contributed by atoms with Crippen LogP contribution in [0.4, 0.5) is 10.6 Å². The smallest absolute Gasteiger partial charge is 0.290 e. The number of imide groups is 1. The number of halogens is 1. The minimum absolute atomic E-state index is 0.0778. The number of rotatable bonds is 4. The molecular formula is C16H13ClN4O2S. The highest BCUT2D eigenvalue weighted by molar-refractivity contribution is 8.18. The van der Waals surface area contributed by atoms with Gasteiger partial charge in [-0.3, -0.25) is 14.9 Å². The molecule has 2 heterocycles. The van der Waals surface area contributed by atoms with E-state index in [1.54, 1.807) is 6.07 Å². The van der Waals surface area contributed by atoms with Crippen LogP contribution in [0.2, 0.25) is 5.28 Å². The van der Waals surface area contributed by atoms with Crippen LogP contribution in [0.15, 0.2) is 41.3 Å². The average molecular weight is 361 g/mol. The third kappa shape index (κ3) is 3.93. The molecule has 122 valence electrons. The normalized spacial score (nSPS) is 15.7. The summed E-state index contributed by atoms with van der Waals surface area (Å²) in [6, 6.07) is 11.7. The minimum Gasteiger partial charge on any atom is -0.355 e. The van der Waals surface area contributed by atoms with Crippen molar-refractivity contribution in [2.75, 3.05) is 11.9 Å². The molecule has 3 rings (SSSR count). The molecule has 0 unspecified atom stereocenters. The van der Waals surface area contributed by atoms with Gasteiger partial charge in [-0.2, -0.15) is 0 Å². The topological polar surface area (TPSA) is 75.2 Å². The molecule has 0 spiro atoms. The number of anilines is 1. The highest BCUT2D eigenvalue weighted by Gasteiger charge is 2.25. The van der Waals surface area contributed by atoms with Crippen molar-refractivity contribution in [1.29, 1.82) is 0 Å². The molecule has 6 nitrogen and oxygen atoms in total. The molecule has 0 radical (unpaired) electrons. The summed E-state index contributed by atoms with van der Waals surface area (Å²) in [5, 5.41) is 1.88. The lowest BCUT2D eigenvalue weighted by Gasteiger charge is -2.18. The van der Waals surface area contributed by atoms with E-state index in [0.717, 1.165) is 17.3 Å². The highest BCUT2D eigenvalue weighted by Crippen LogP contribution is 2.26. The SMILES string of the molecule is CN(Cc1ccccc1)c1cc(C=C2SC(=O)NC2=O)nc(Cl)n1. The first kappa shape index (κ1) is 16.5. The maximum Gasteiger partial charge on any atom is 0.290 e. The van der Waals surface area contributed by atoms with E-state index in [1.807, 2.05) is 42.3 Å². The molecule has 0 aliphatic carbocycles. The van der Waals surface area contributed by atoms with Gasteiger partial charge < -0.3 is 4.90 Å². The lowest BCUT2D eigenvalue weighted by molar-refractivity contribution is -0.115. The predicted octanol–water partition coefficient (Wildman–Crippen LogP) is 3.09. The number of thioether (sulfide) groups is 1. The Morgan fingerprint density at radius 2 is 2.00 bits per heavy atom. The van der Waals surface area contributed by atoms with E-state index in [9.17, 15) is 9.59 Å². The molecule has 2 amide bonds. The number of carbonyl (C=O) groups is 2. The molecule has 0 atom stereocenters. The zero-order chi connectivity index (χ0) is 17.1. The molecule has 8 heteroatoms. The number of hydrogen-bond acceptors (Lipinski definition) is 6. The molecule has 1 N–H and O–H groups in total. The summed E-state index contributed by atoms with van der Waals surface area (Å²) in [6.45, 7) is 0.651. The molecule has 1 saturated heterocycles. The van der Waals surface area contributed by atoms with Gasteiger partial charge in [0.2, 0.25) is 5.28 Å². The number of carbonyl (C=O) groups excluding carboxylic acids is 2. The van der Waals surface area contributed by atoms with Crippen LogP contribution < -0.4 is 10.2 Å². The monoisotopic (exact) mass is 360 g/mol. The third-order valence-corrected chi connectivity index (χ3v) is 4.26. The Labute approximate surface area is 147 Å². The van der Waals surface area contributed by atoms with Crippen molar-refractivity contribution in [2.45, 2.75) is 6.54 Å².